The topological polar surface area (TPSA) is 207 Å². The lowest BCUT2D eigenvalue weighted by atomic mass is 10.0. The highest BCUT2D eigenvalue weighted by molar-refractivity contribution is 6.56. The Bertz CT molecular complexity index is 3580. The number of nitrogens with zero attached hydrogens (tertiary/aromatic N) is 5. The van der Waals surface area contributed by atoms with E-state index in [4.69, 9.17) is 117 Å². The van der Waals surface area contributed by atoms with Crippen LogP contribution in [0.2, 0.25) is 40.2 Å². The molecule has 0 unspecified atom stereocenters. The van der Waals surface area contributed by atoms with Crippen LogP contribution < -0.4 is 14.8 Å². The van der Waals surface area contributed by atoms with Gasteiger partial charge in [-0.3, -0.25) is 39.4 Å². The summed E-state index contributed by atoms with van der Waals surface area (Å²) < 4.78 is 22.8. The van der Waals surface area contributed by atoms with Crippen LogP contribution in [0, 0.1) is 0 Å². The van der Waals surface area contributed by atoms with Gasteiger partial charge in [-0.1, -0.05) is 141 Å². The standard InChI is InChI=1S/C31H29Cl4N3O5.C23H30N2O4.C8HCl4NO2.C2H4/c1-31(2,3)43-30(41)37-11-9-20(37)16-42-21-13-19(14-36-15-21)18-8-4-6-17(12-18)7-5-10-38-28(39)22-23(29(38)40)25(33)27(35)26(34)24(22)32;1-23(2,3)29-22(27)25-10-9-20(25)16-28-21-13-19(14-24-15-21)18-8-4-6-17(12-18)7-5-11-26;9-3-1-2(8(15)13-7(1)14)4(10)6(12)5(3)11;1-2/h4,6,8,12-15,20H,5,7,9-11,16H2,1-3H3;4,6,8,12-15,20,26H,5,7,9-11,16H2,1-3H3;(H,13,14,15);1-2H2/t2*20-;;/m00../s1. The highest BCUT2D eigenvalue weighted by atomic mass is 35.5. The molecule has 4 aliphatic rings. The number of aryl methyl sites for hydroxylation is 2. The molecule has 6 heterocycles. The van der Waals surface area contributed by atoms with Crippen LogP contribution in [0.4, 0.5) is 9.59 Å². The van der Waals surface area contributed by atoms with Gasteiger partial charge in [-0.05, 0) is 114 Å². The van der Waals surface area contributed by atoms with Gasteiger partial charge in [0, 0.05) is 49.8 Å². The lowest BCUT2D eigenvalue weighted by molar-refractivity contribution is -0.0149. The number of rotatable bonds is 15. The number of nitrogens with one attached hydrogen (secondary N) is 1. The summed E-state index contributed by atoms with van der Waals surface area (Å²) in [6, 6.07) is 20.0. The molecule has 10 rings (SSSR count). The van der Waals surface area contributed by atoms with E-state index < -0.39 is 34.8 Å². The average molecular weight is 1380 g/mol. The maximum absolute atomic E-state index is 13.0. The summed E-state index contributed by atoms with van der Waals surface area (Å²) in [5.74, 6) is -1.06. The Balaban J connectivity index is 0.000000210. The zero-order valence-electron chi connectivity index (χ0n) is 49.4. The number of pyridine rings is 2. The van der Waals surface area contributed by atoms with Crippen LogP contribution in [0.15, 0.2) is 98.6 Å². The zero-order valence-corrected chi connectivity index (χ0v) is 55.5. The van der Waals surface area contributed by atoms with Crippen molar-refractivity contribution in [3.63, 3.8) is 0 Å². The van der Waals surface area contributed by atoms with E-state index in [1.54, 1.807) is 28.4 Å². The number of halogens is 8. The molecule has 25 heteroatoms. The second-order valence-electron chi connectivity index (χ2n) is 22.6. The van der Waals surface area contributed by atoms with Gasteiger partial charge in [-0.15, -0.1) is 13.2 Å². The number of hydrogen-bond donors (Lipinski definition) is 2. The predicted octanol–water partition coefficient (Wildman–Crippen LogP) is 16.0. The van der Waals surface area contributed by atoms with E-state index in [0.29, 0.717) is 50.6 Å². The van der Waals surface area contributed by atoms with Gasteiger partial charge in [0.1, 0.15) is 35.9 Å². The first-order valence-corrected chi connectivity index (χ1v) is 31.1. The van der Waals surface area contributed by atoms with Crippen LogP contribution in [-0.2, 0) is 22.3 Å². The summed E-state index contributed by atoms with van der Waals surface area (Å²) in [7, 11) is 0. The van der Waals surface area contributed by atoms with E-state index >= 15 is 0 Å². The minimum atomic E-state index is -0.625. The zero-order chi connectivity index (χ0) is 65.2. The molecule has 472 valence electrons. The van der Waals surface area contributed by atoms with Crippen molar-refractivity contribution in [2.24, 2.45) is 0 Å². The number of ether oxygens (including phenoxy) is 4. The number of fused-ring (bicyclic) bond motifs is 2. The van der Waals surface area contributed by atoms with Crippen LogP contribution >= 0.6 is 92.8 Å². The molecule has 6 amide bonds. The highest BCUT2D eigenvalue weighted by Crippen LogP contribution is 2.46. The fraction of sp³-hybridized carbons (Fsp3) is 0.344. The molecule has 89 heavy (non-hydrogen) atoms. The highest BCUT2D eigenvalue weighted by Gasteiger charge is 2.42. The lowest BCUT2D eigenvalue weighted by Gasteiger charge is -2.41. The van der Waals surface area contributed by atoms with Crippen LogP contribution in [0.25, 0.3) is 22.3 Å². The van der Waals surface area contributed by atoms with E-state index in [1.165, 1.54) is 5.56 Å². The van der Waals surface area contributed by atoms with Crippen molar-refractivity contribution < 1.29 is 52.8 Å². The summed E-state index contributed by atoms with van der Waals surface area (Å²) in [6.07, 6.45) is 10.7. The predicted molar refractivity (Wildman–Crippen MR) is 348 cm³/mol. The van der Waals surface area contributed by atoms with E-state index in [2.05, 4.69) is 40.6 Å². The van der Waals surface area contributed by atoms with Crippen molar-refractivity contribution in [3.8, 4) is 33.8 Å². The van der Waals surface area contributed by atoms with Crippen molar-refractivity contribution in [1.29, 1.82) is 0 Å². The monoisotopic (exact) mass is 1370 g/mol. The molecule has 4 aromatic carbocycles. The number of likely N-dealkylation sites (tertiary alicyclic amines) is 2. The third-order valence-corrected chi connectivity index (χ3v) is 17.6. The number of amides is 6. The molecule has 0 radical (unpaired) electrons. The minimum Gasteiger partial charge on any atom is -0.490 e. The van der Waals surface area contributed by atoms with Gasteiger partial charge in [0.2, 0.25) is 0 Å². The Hall–Kier alpha value is -6.38. The van der Waals surface area contributed by atoms with Crippen molar-refractivity contribution in [2.75, 3.05) is 39.5 Å². The molecule has 0 spiro atoms. The maximum Gasteiger partial charge on any atom is 0.410 e. The molecule has 0 saturated carbocycles. The fourth-order valence-corrected chi connectivity index (χ4v) is 11.5. The summed E-state index contributed by atoms with van der Waals surface area (Å²) in [6.45, 7) is 19.6. The molecular weight excluding hydrogens is 1310 g/mol. The summed E-state index contributed by atoms with van der Waals surface area (Å²) >= 11 is 47.7. The van der Waals surface area contributed by atoms with Gasteiger partial charge in [0.25, 0.3) is 23.6 Å². The second-order valence-corrected chi connectivity index (χ2v) is 25.6. The Kier molecular flexibility index (Phi) is 24.1. The minimum absolute atomic E-state index is 0.0162. The van der Waals surface area contributed by atoms with Gasteiger partial charge >= 0.3 is 12.2 Å². The molecule has 2 N–H and O–H groups in total. The lowest BCUT2D eigenvalue weighted by Crippen LogP contribution is -2.55. The normalized spacial score (nSPS) is 15.6. The Morgan fingerprint density at radius 2 is 0.933 bits per heavy atom. The molecule has 2 fully saturated rings. The maximum atomic E-state index is 13.0. The quantitative estimate of drug-likeness (QED) is 0.0425. The molecular formula is C64H64Cl8N6O11. The van der Waals surface area contributed by atoms with E-state index in [1.807, 2.05) is 96.3 Å². The Morgan fingerprint density at radius 3 is 1.29 bits per heavy atom. The van der Waals surface area contributed by atoms with Gasteiger partial charge in [0.05, 0.1) is 86.9 Å². The third kappa shape index (κ3) is 17.2. The smallest absolute Gasteiger partial charge is 0.410 e. The third-order valence-electron chi connectivity index (χ3n) is 14.0. The largest absolute Gasteiger partial charge is 0.490 e. The Labute approximate surface area is 556 Å². The van der Waals surface area contributed by atoms with Crippen molar-refractivity contribution in [3.05, 3.63) is 172 Å². The second kappa shape index (κ2) is 30.6. The Morgan fingerprint density at radius 1 is 0.551 bits per heavy atom. The van der Waals surface area contributed by atoms with Crippen molar-refractivity contribution in [1.82, 2.24) is 30.0 Å². The number of aliphatic hydroxyl groups excluding tert-OH is 1. The number of carbonyl (C=O) groups is 6. The fourth-order valence-electron chi connectivity index (χ4n) is 9.47. The van der Waals surface area contributed by atoms with Crippen molar-refractivity contribution in [2.45, 2.75) is 103 Å². The SMILES string of the molecule is C=C.CC(C)(C)OC(=O)N1CC[C@H]1COc1cncc(-c2cccc(CCCN3C(=O)c4c(Cl)c(Cl)c(Cl)c(Cl)c4C3=O)c2)c1.CC(C)(C)OC(=O)N1CC[C@H]1COc1cncc(-c2cccc(CCCO)c2)c1.O=C1NC(=O)c2c(Cl)c(Cl)c(Cl)c(Cl)c21. The summed E-state index contributed by atoms with van der Waals surface area (Å²) in [4.78, 5) is 86.5. The molecule has 2 atom stereocenters. The molecule has 2 aromatic heterocycles. The van der Waals surface area contributed by atoms with Crippen LogP contribution in [0.3, 0.4) is 0 Å². The van der Waals surface area contributed by atoms with E-state index in [-0.39, 0.29) is 99.9 Å². The molecule has 6 aromatic rings. The molecule has 0 bridgehead atoms. The van der Waals surface area contributed by atoms with Crippen molar-refractivity contribution >= 4 is 129 Å². The number of imide groups is 2. The number of aliphatic hydroxyl groups is 1. The molecule has 0 aliphatic carbocycles. The number of benzene rings is 4. The summed E-state index contributed by atoms with van der Waals surface area (Å²) in [5, 5.41) is 10.6. The van der Waals surface area contributed by atoms with Gasteiger partial charge in [-0.2, -0.15) is 0 Å². The first-order chi connectivity index (χ1) is 42.2. The van der Waals surface area contributed by atoms with E-state index in [9.17, 15) is 28.8 Å². The van der Waals surface area contributed by atoms with Crippen LogP contribution in [-0.4, -0.2) is 128 Å². The van der Waals surface area contributed by atoms with Gasteiger partial charge < -0.3 is 33.9 Å². The molecule has 17 nitrogen and oxygen atoms in total. The van der Waals surface area contributed by atoms with Crippen LogP contribution in [0.5, 0.6) is 11.5 Å². The first-order valence-electron chi connectivity index (χ1n) is 28.0. The average Bonchev–Trinajstić information content (AvgIpc) is 1.66. The van der Waals surface area contributed by atoms with Gasteiger partial charge in [0.15, 0.2) is 0 Å². The van der Waals surface area contributed by atoms with Gasteiger partial charge in [-0.25, -0.2) is 9.59 Å². The molecule has 4 aliphatic heterocycles. The number of hydrogen-bond acceptors (Lipinski definition) is 13. The molecule has 2 saturated heterocycles. The number of aromatic nitrogens is 2. The summed E-state index contributed by atoms with van der Waals surface area (Å²) in [5.41, 5.74) is 4.93. The number of carbonyl (C=O) groups excluding carboxylic acids is 6. The van der Waals surface area contributed by atoms with Crippen LogP contribution in [0.1, 0.15) is 120 Å². The van der Waals surface area contributed by atoms with E-state index in [0.717, 1.165) is 58.4 Å². The first kappa shape index (κ1) is 70.1.